The fourth-order valence-corrected chi connectivity index (χ4v) is 2.65. The van der Waals surface area contributed by atoms with E-state index in [1.54, 1.807) is 37.6 Å². The third-order valence-corrected chi connectivity index (χ3v) is 4.09. The van der Waals surface area contributed by atoms with Gasteiger partial charge in [0.1, 0.15) is 17.3 Å². The van der Waals surface area contributed by atoms with Crippen LogP contribution in [0.4, 0.5) is 8.78 Å². The molecule has 0 amide bonds. The summed E-state index contributed by atoms with van der Waals surface area (Å²) in [5.74, 6) is 2.55. The molecular weight excluding hydrogens is 537 g/mol. The molecule has 2 heterocycles. The Kier molecular flexibility index (Phi) is 10.2. The van der Waals surface area contributed by atoms with Gasteiger partial charge >= 0.3 is 6.61 Å². The zero-order valence-electron chi connectivity index (χ0n) is 17.6. The Morgan fingerprint density at radius 1 is 1.25 bits per heavy atom. The number of aromatic nitrogens is 3. The molecule has 0 aliphatic carbocycles. The lowest BCUT2D eigenvalue weighted by Gasteiger charge is -2.15. The van der Waals surface area contributed by atoms with E-state index in [4.69, 9.17) is 9.15 Å². The van der Waals surface area contributed by atoms with Crippen LogP contribution in [0.1, 0.15) is 24.7 Å². The molecule has 0 aliphatic heterocycles. The summed E-state index contributed by atoms with van der Waals surface area (Å²) in [7, 11) is 1.60. The van der Waals surface area contributed by atoms with Crippen molar-refractivity contribution in [3.63, 3.8) is 0 Å². The van der Waals surface area contributed by atoms with Gasteiger partial charge in [0, 0.05) is 25.2 Å². The van der Waals surface area contributed by atoms with Gasteiger partial charge < -0.3 is 24.5 Å². The number of aliphatic imine (C=N–C) groups is 1. The number of rotatable bonds is 10. The van der Waals surface area contributed by atoms with Gasteiger partial charge in [-0.05, 0) is 30.7 Å². The number of nitrogens with zero attached hydrogens (tertiary/aromatic N) is 3. The lowest BCUT2D eigenvalue weighted by Crippen LogP contribution is -2.36. The van der Waals surface area contributed by atoms with Crippen LogP contribution in [0, 0.1) is 0 Å². The van der Waals surface area contributed by atoms with Crippen LogP contribution < -0.4 is 20.1 Å². The zero-order chi connectivity index (χ0) is 22.1. The summed E-state index contributed by atoms with van der Waals surface area (Å²) in [6, 6.07) is 8.36. The van der Waals surface area contributed by atoms with E-state index in [0.717, 1.165) is 6.42 Å². The van der Waals surface area contributed by atoms with Crippen LogP contribution in [0.3, 0.4) is 0 Å². The summed E-state index contributed by atoms with van der Waals surface area (Å²) in [4.78, 5) is 8.46. The molecule has 9 nitrogen and oxygen atoms in total. The van der Waals surface area contributed by atoms with E-state index in [0.29, 0.717) is 47.8 Å². The first kappa shape index (κ1) is 25.4. The van der Waals surface area contributed by atoms with Crippen molar-refractivity contribution < 1.29 is 22.7 Å². The fourth-order valence-electron chi connectivity index (χ4n) is 2.65. The number of H-pyrrole nitrogens is 1. The molecule has 3 aromatic rings. The monoisotopic (exact) mass is 562 g/mol. The van der Waals surface area contributed by atoms with Crippen LogP contribution >= 0.6 is 24.0 Å². The smallest absolute Gasteiger partial charge is 0.387 e. The van der Waals surface area contributed by atoms with Crippen LogP contribution in [0.5, 0.6) is 11.5 Å². The van der Waals surface area contributed by atoms with Crippen LogP contribution in [-0.4, -0.2) is 41.4 Å². The van der Waals surface area contributed by atoms with Crippen molar-refractivity contribution in [2.45, 2.75) is 33.0 Å². The summed E-state index contributed by atoms with van der Waals surface area (Å²) in [6.07, 6.45) is 2.36. The number of nitrogens with one attached hydrogen (secondary N) is 3. The molecule has 0 bridgehead atoms. The van der Waals surface area contributed by atoms with Crippen LogP contribution in [0.2, 0.25) is 0 Å². The van der Waals surface area contributed by atoms with Gasteiger partial charge in [-0.3, -0.25) is 10.1 Å². The fraction of sp³-hybridized carbons (Fsp3) is 0.350. The molecule has 0 fully saturated rings. The molecule has 2 aromatic heterocycles. The summed E-state index contributed by atoms with van der Waals surface area (Å²) in [6.45, 7) is 0.0456. The maximum atomic E-state index is 12.8. The molecule has 3 N–H and O–H groups in total. The molecule has 0 radical (unpaired) electrons. The SMILES string of the molecule is CCCOc1ccc(CNC(=NC)NCc2nc(-c3ccco3)n[nH]2)c(OC(F)F)c1.I. The molecule has 0 saturated carbocycles. The Labute approximate surface area is 201 Å². The predicted octanol–water partition coefficient (Wildman–Crippen LogP) is 3.94. The number of guanidine groups is 1. The number of aromatic amines is 1. The second kappa shape index (κ2) is 12.8. The molecule has 0 unspecified atom stereocenters. The number of halogens is 3. The summed E-state index contributed by atoms with van der Waals surface area (Å²) >= 11 is 0. The van der Waals surface area contributed by atoms with Gasteiger partial charge in [0.15, 0.2) is 11.7 Å². The Morgan fingerprint density at radius 2 is 2.06 bits per heavy atom. The summed E-state index contributed by atoms with van der Waals surface area (Å²) in [5.41, 5.74) is 0.534. The van der Waals surface area contributed by atoms with Gasteiger partial charge in [-0.15, -0.1) is 29.1 Å². The van der Waals surface area contributed by atoms with E-state index in [9.17, 15) is 8.78 Å². The van der Waals surface area contributed by atoms with Crippen molar-refractivity contribution in [3.05, 3.63) is 48.0 Å². The third kappa shape index (κ3) is 7.35. The molecule has 174 valence electrons. The molecule has 32 heavy (non-hydrogen) atoms. The average Bonchev–Trinajstić information content (AvgIpc) is 3.45. The van der Waals surface area contributed by atoms with Crippen LogP contribution in [0.15, 0.2) is 46.0 Å². The molecule has 12 heteroatoms. The number of ether oxygens (including phenoxy) is 2. The average molecular weight is 562 g/mol. The number of benzene rings is 1. The minimum atomic E-state index is -2.94. The second-order valence-corrected chi connectivity index (χ2v) is 6.36. The standard InChI is InChI=1S/C20H24F2N6O3.HI/c1-3-8-29-14-7-6-13(16(10-14)31-19(21)22)11-24-20(23-2)25-12-17-26-18(28-27-17)15-5-4-9-30-15;/h4-7,9-10,19H,3,8,11-12H2,1-2H3,(H2,23,24,25)(H,26,27,28);1H. The number of alkyl halides is 2. The number of hydrogen-bond acceptors (Lipinski definition) is 6. The first-order valence-electron chi connectivity index (χ1n) is 9.69. The first-order chi connectivity index (χ1) is 15.1. The number of furan rings is 1. The van der Waals surface area contributed by atoms with E-state index >= 15 is 0 Å². The Bertz CT molecular complexity index is 982. The van der Waals surface area contributed by atoms with Gasteiger partial charge in [-0.25, -0.2) is 4.98 Å². The highest BCUT2D eigenvalue weighted by atomic mass is 127. The van der Waals surface area contributed by atoms with Crippen molar-refractivity contribution in [3.8, 4) is 23.1 Å². The topological polar surface area (TPSA) is 110 Å². The molecule has 0 atom stereocenters. The van der Waals surface area contributed by atoms with Crippen LogP contribution in [-0.2, 0) is 13.1 Å². The second-order valence-electron chi connectivity index (χ2n) is 6.36. The highest BCUT2D eigenvalue weighted by Crippen LogP contribution is 2.26. The molecule has 0 aliphatic rings. The predicted molar refractivity (Wildman–Crippen MR) is 125 cm³/mol. The van der Waals surface area contributed by atoms with Gasteiger partial charge in [-0.2, -0.15) is 8.78 Å². The van der Waals surface area contributed by atoms with E-state index in [2.05, 4.69) is 35.5 Å². The van der Waals surface area contributed by atoms with E-state index < -0.39 is 6.61 Å². The number of hydrogen-bond donors (Lipinski definition) is 3. The lowest BCUT2D eigenvalue weighted by atomic mass is 10.2. The minimum Gasteiger partial charge on any atom is -0.493 e. The Morgan fingerprint density at radius 3 is 2.75 bits per heavy atom. The van der Waals surface area contributed by atoms with Gasteiger partial charge in [0.05, 0.1) is 19.4 Å². The first-order valence-corrected chi connectivity index (χ1v) is 9.69. The van der Waals surface area contributed by atoms with Crippen molar-refractivity contribution in [1.29, 1.82) is 0 Å². The minimum absolute atomic E-state index is 0. The van der Waals surface area contributed by atoms with E-state index in [1.165, 1.54) is 6.07 Å². The largest absolute Gasteiger partial charge is 0.493 e. The van der Waals surface area contributed by atoms with Crippen molar-refractivity contribution in [2.75, 3.05) is 13.7 Å². The molecular formula is C20H25F2IN6O3. The van der Waals surface area contributed by atoms with Gasteiger partial charge in [0.2, 0.25) is 5.82 Å². The van der Waals surface area contributed by atoms with Crippen molar-refractivity contribution in [2.24, 2.45) is 4.99 Å². The zero-order valence-corrected chi connectivity index (χ0v) is 19.9. The third-order valence-electron chi connectivity index (χ3n) is 4.09. The lowest BCUT2D eigenvalue weighted by molar-refractivity contribution is -0.0505. The Hall–Kier alpha value is -2.90. The van der Waals surface area contributed by atoms with E-state index in [-0.39, 0.29) is 36.3 Å². The van der Waals surface area contributed by atoms with E-state index in [1.807, 2.05) is 6.92 Å². The van der Waals surface area contributed by atoms with Gasteiger partial charge in [-0.1, -0.05) is 6.92 Å². The highest BCUT2D eigenvalue weighted by Gasteiger charge is 2.13. The molecule has 0 spiro atoms. The van der Waals surface area contributed by atoms with Gasteiger partial charge in [0.25, 0.3) is 0 Å². The normalized spacial score (nSPS) is 11.2. The maximum Gasteiger partial charge on any atom is 0.387 e. The van der Waals surface area contributed by atoms with Crippen LogP contribution in [0.25, 0.3) is 11.6 Å². The quantitative estimate of drug-likeness (QED) is 0.195. The Balaban J connectivity index is 0.00000363. The maximum absolute atomic E-state index is 12.8. The molecule has 1 aromatic carbocycles. The van der Waals surface area contributed by atoms with Crippen molar-refractivity contribution >= 4 is 29.9 Å². The van der Waals surface area contributed by atoms with Crippen molar-refractivity contribution in [1.82, 2.24) is 25.8 Å². The summed E-state index contributed by atoms with van der Waals surface area (Å²) in [5, 5.41) is 13.0. The summed E-state index contributed by atoms with van der Waals surface area (Å²) < 4.78 is 41.0. The highest BCUT2D eigenvalue weighted by molar-refractivity contribution is 14.0. The molecule has 0 saturated heterocycles. The molecule has 3 rings (SSSR count).